The molecule has 0 fully saturated rings. The summed E-state index contributed by atoms with van der Waals surface area (Å²) in [6.07, 6.45) is 3.59. The highest BCUT2D eigenvalue weighted by Crippen LogP contribution is 2.13. The van der Waals surface area contributed by atoms with E-state index in [4.69, 9.17) is 0 Å². The zero-order valence-corrected chi connectivity index (χ0v) is 12.0. The first-order valence-corrected chi connectivity index (χ1v) is 6.78. The molecule has 1 N–H and O–H groups in total. The summed E-state index contributed by atoms with van der Waals surface area (Å²) in [5.74, 6) is -0.144. The summed E-state index contributed by atoms with van der Waals surface area (Å²) in [6, 6.07) is 9.55. The van der Waals surface area contributed by atoms with Crippen molar-refractivity contribution < 1.29 is 4.79 Å². The molecule has 0 spiro atoms. The summed E-state index contributed by atoms with van der Waals surface area (Å²) < 4.78 is 1.82. The van der Waals surface area contributed by atoms with Crippen molar-refractivity contribution in [1.29, 1.82) is 0 Å². The summed E-state index contributed by atoms with van der Waals surface area (Å²) in [6.45, 7) is 4.25. The van der Waals surface area contributed by atoms with Crippen molar-refractivity contribution in [2.75, 3.05) is 0 Å². The maximum atomic E-state index is 12.4. The van der Waals surface area contributed by atoms with Crippen molar-refractivity contribution in [3.63, 3.8) is 0 Å². The third-order valence-corrected chi connectivity index (χ3v) is 3.33. The van der Waals surface area contributed by atoms with Crippen molar-refractivity contribution in [3.05, 3.63) is 65.4 Å². The zero-order valence-electron chi connectivity index (χ0n) is 12.0. The standard InChI is InChI=1S/C16H16N4O/c1-11-6-8-20-14(9-11)19-12(2)15(20)16(21)18-10-13-5-3-4-7-17-13/h3-9H,10H2,1-2H3,(H,18,21). The van der Waals surface area contributed by atoms with E-state index in [2.05, 4.69) is 15.3 Å². The lowest BCUT2D eigenvalue weighted by atomic mass is 10.3. The molecule has 0 saturated heterocycles. The number of rotatable bonds is 3. The first-order valence-electron chi connectivity index (χ1n) is 6.78. The molecule has 3 aromatic heterocycles. The van der Waals surface area contributed by atoms with Crippen LogP contribution in [0.4, 0.5) is 0 Å². The van der Waals surface area contributed by atoms with Gasteiger partial charge in [-0.15, -0.1) is 0 Å². The van der Waals surface area contributed by atoms with Crippen LogP contribution in [0.3, 0.4) is 0 Å². The molecule has 3 aromatic rings. The Morgan fingerprint density at radius 2 is 2.14 bits per heavy atom. The summed E-state index contributed by atoms with van der Waals surface area (Å²) in [5, 5.41) is 2.89. The van der Waals surface area contributed by atoms with Crippen LogP contribution in [0.5, 0.6) is 0 Å². The fourth-order valence-electron chi connectivity index (χ4n) is 2.30. The number of nitrogens with zero attached hydrogens (tertiary/aromatic N) is 3. The van der Waals surface area contributed by atoms with Crippen LogP contribution >= 0.6 is 0 Å². The number of amides is 1. The minimum Gasteiger partial charge on any atom is -0.345 e. The SMILES string of the molecule is Cc1ccn2c(C(=O)NCc3ccccn3)c(C)nc2c1. The molecular weight excluding hydrogens is 264 g/mol. The van der Waals surface area contributed by atoms with Crippen LogP contribution in [-0.2, 0) is 6.54 Å². The van der Waals surface area contributed by atoms with Gasteiger partial charge >= 0.3 is 0 Å². The number of fused-ring (bicyclic) bond motifs is 1. The van der Waals surface area contributed by atoms with Crippen molar-refractivity contribution in [2.45, 2.75) is 20.4 Å². The van der Waals surface area contributed by atoms with Gasteiger partial charge in [-0.3, -0.25) is 14.2 Å². The molecule has 0 aliphatic carbocycles. The quantitative estimate of drug-likeness (QED) is 0.800. The number of pyridine rings is 2. The van der Waals surface area contributed by atoms with Crippen LogP contribution in [0.25, 0.3) is 5.65 Å². The monoisotopic (exact) mass is 280 g/mol. The second kappa shape index (κ2) is 5.36. The van der Waals surface area contributed by atoms with E-state index in [-0.39, 0.29) is 5.91 Å². The second-order valence-corrected chi connectivity index (χ2v) is 4.98. The van der Waals surface area contributed by atoms with Gasteiger partial charge in [0.15, 0.2) is 0 Å². The molecule has 106 valence electrons. The van der Waals surface area contributed by atoms with Crippen LogP contribution in [0.2, 0.25) is 0 Å². The molecule has 0 saturated carbocycles. The number of hydrogen-bond donors (Lipinski definition) is 1. The van der Waals surface area contributed by atoms with Gasteiger partial charge in [0.05, 0.1) is 17.9 Å². The fraction of sp³-hybridized carbons (Fsp3) is 0.188. The Kier molecular flexibility index (Phi) is 3.39. The van der Waals surface area contributed by atoms with Gasteiger partial charge in [0.2, 0.25) is 0 Å². The molecule has 0 aliphatic heterocycles. The van der Waals surface area contributed by atoms with Crippen molar-refractivity contribution in [1.82, 2.24) is 19.7 Å². The minimum atomic E-state index is -0.144. The first kappa shape index (κ1) is 13.3. The van der Waals surface area contributed by atoms with E-state index in [1.807, 2.05) is 54.8 Å². The van der Waals surface area contributed by atoms with Gasteiger partial charge in [-0.05, 0) is 43.7 Å². The van der Waals surface area contributed by atoms with Gasteiger partial charge < -0.3 is 5.32 Å². The van der Waals surface area contributed by atoms with Gasteiger partial charge in [0, 0.05) is 12.4 Å². The molecule has 5 heteroatoms. The highest BCUT2D eigenvalue weighted by Gasteiger charge is 2.16. The predicted molar refractivity (Wildman–Crippen MR) is 80.1 cm³/mol. The largest absolute Gasteiger partial charge is 0.345 e. The van der Waals surface area contributed by atoms with E-state index < -0.39 is 0 Å². The Balaban J connectivity index is 1.86. The van der Waals surface area contributed by atoms with Gasteiger partial charge in [-0.2, -0.15) is 0 Å². The molecule has 0 unspecified atom stereocenters. The van der Waals surface area contributed by atoms with Crippen LogP contribution in [0.1, 0.15) is 27.4 Å². The Morgan fingerprint density at radius 1 is 1.29 bits per heavy atom. The molecule has 5 nitrogen and oxygen atoms in total. The van der Waals surface area contributed by atoms with Gasteiger partial charge in [-0.1, -0.05) is 6.07 Å². The Hall–Kier alpha value is -2.69. The Labute approximate surface area is 122 Å². The van der Waals surface area contributed by atoms with Gasteiger partial charge in [-0.25, -0.2) is 4.98 Å². The van der Waals surface area contributed by atoms with Crippen LogP contribution in [0.15, 0.2) is 42.7 Å². The molecule has 3 rings (SSSR count). The van der Waals surface area contributed by atoms with Crippen molar-refractivity contribution in [3.8, 4) is 0 Å². The normalized spacial score (nSPS) is 10.8. The lowest BCUT2D eigenvalue weighted by Gasteiger charge is -2.06. The van der Waals surface area contributed by atoms with E-state index >= 15 is 0 Å². The second-order valence-electron chi connectivity index (χ2n) is 4.98. The maximum Gasteiger partial charge on any atom is 0.270 e. The first-order chi connectivity index (χ1) is 10.1. The van der Waals surface area contributed by atoms with E-state index in [1.165, 1.54) is 0 Å². The highest BCUT2D eigenvalue weighted by molar-refractivity contribution is 5.94. The lowest BCUT2D eigenvalue weighted by molar-refractivity contribution is 0.0944. The molecule has 0 aliphatic rings. The smallest absolute Gasteiger partial charge is 0.270 e. The predicted octanol–water partition coefficient (Wildman–Crippen LogP) is 2.28. The van der Waals surface area contributed by atoms with E-state index in [0.29, 0.717) is 12.2 Å². The minimum absolute atomic E-state index is 0.144. The van der Waals surface area contributed by atoms with Gasteiger partial charge in [0.25, 0.3) is 5.91 Å². The zero-order chi connectivity index (χ0) is 14.8. The highest BCUT2D eigenvalue weighted by atomic mass is 16.1. The third-order valence-electron chi connectivity index (χ3n) is 3.33. The van der Waals surface area contributed by atoms with Crippen LogP contribution in [-0.4, -0.2) is 20.3 Å². The molecule has 0 aromatic carbocycles. The number of aromatic nitrogens is 3. The van der Waals surface area contributed by atoms with Crippen LogP contribution < -0.4 is 5.32 Å². The number of hydrogen-bond acceptors (Lipinski definition) is 3. The van der Waals surface area contributed by atoms with Gasteiger partial charge in [0.1, 0.15) is 11.3 Å². The summed E-state index contributed by atoms with van der Waals surface area (Å²) >= 11 is 0. The third kappa shape index (κ3) is 2.63. The molecule has 0 bridgehead atoms. The number of aryl methyl sites for hydroxylation is 2. The average molecular weight is 280 g/mol. The topological polar surface area (TPSA) is 59.3 Å². The summed E-state index contributed by atoms with van der Waals surface area (Å²) in [4.78, 5) is 21.0. The number of imidazole rings is 1. The lowest BCUT2D eigenvalue weighted by Crippen LogP contribution is -2.25. The summed E-state index contributed by atoms with van der Waals surface area (Å²) in [7, 11) is 0. The molecule has 0 radical (unpaired) electrons. The Morgan fingerprint density at radius 3 is 2.90 bits per heavy atom. The van der Waals surface area contributed by atoms with E-state index in [0.717, 1.165) is 22.6 Å². The average Bonchev–Trinajstić information content (AvgIpc) is 2.81. The fourth-order valence-corrected chi connectivity index (χ4v) is 2.30. The molecule has 21 heavy (non-hydrogen) atoms. The van der Waals surface area contributed by atoms with Crippen molar-refractivity contribution in [2.24, 2.45) is 0 Å². The number of carbonyl (C=O) groups is 1. The van der Waals surface area contributed by atoms with E-state index in [9.17, 15) is 4.79 Å². The summed E-state index contributed by atoms with van der Waals surface area (Å²) in [5.41, 5.74) is 4.02. The molecular formula is C16H16N4O. The maximum absolute atomic E-state index is 12.4. The Bertz CT molecular complexity index is 793. The molecule has 3 heterocycles. The van der Waals surface area contributed by atoms with E-state index in [1.54, 1.807) is 6.20 Å². The van der Waals surface area contributed by atoms with Crippen molar-refractivity contribution >= 4 is 11.6 Å². The number of carbonyl (C=O) groups excluding carboxylic acids is 1. The molecule has 1 amide bonds. The molecule has 0 atom stereocenters. The van der Waals surface area contributed by atoms with Crippen LogP contribution in [0, 0.1) is 13.8 Å². The number of nitrogens with one attached hydrogen (secondary N) is 1.